The molecule has 0 atom stereocenters. The molecular formula is C17H26N2O5S. The molecule has 1 aromatic rings. The molecule has 0 aromatic heterocycles. The average molecular weight is 370 g/mol. The van der Waals surface area contributed by atoms with Gasteiger partial charge in [0.1, 0.15) is 5.75 Å². The summed E-state index contributed by atoms with van der Waals surface area (Å²) < 4.78 is 36.2. The van der Waals surface area contributed by atoms with Gasteiger partial charge in [0.2, 0.25) is 15.9 Å². The minimum atomic E-state index is -3.39. The number of benzene rings is 1. The molecule has 0 radical (unpaired) electrons. The molecule has 1 aliphatic heterocycles. The molecule has 7 nitrogen and oxygen atoms in total. The number of amides is 1. The molecule has 1 saturated heterocycles. The van der Waals surface area contributed by atoms with Gasteiger partial charge in [-0.15, -0.1) is 0 Å². The van der Waals surface area contributed by atoms with Crippen LogP contribution in [0.2, 0.25) is 0 Å². The zero-order valence-electron chi connectivity index (χ0n) is 14.8. The Hall–Kier alpha value is -1.64. The van der Waals surface area contributed by atoms with E-state index in [9.17, 15) is 13.2 Å². The third-order valence-corrected chi connectivity index (χ3v) is 6.13. The summed E-state index contributed by atoms with van der Waals surface area (Å²) in [6.07, 6.45) is 0.710. The first-order valence-corrected chi connectivity index (χ1v) is 9.96. The summed E-state index contributed by atoms with van der Waals surface area (Å²) >= 11 is 0. The Morgan fingerprint density at radius 2 is 1.88 bits per heavy atom. The van der Waals surface area contributed by atoms with Crippen molar-refractivity contribution in [1.29, 1.82) is 0 Å². The molecule has 2 rings (SSSR count). The third-order valence-electron chi connectivity index (χ3n) is 4.26. The average Bonchev–Trinajstić information content (AvgIpc) is 2.65. The van der Waals surface area contributed by atoms with Crippen molar-refractivity contribution in [2.45, 2.75) is 12.8 Å². The molecule has 0 unspecified atom stereocenters. The SMILES string of the molecule is COc1ccc(CCN(C)C(=O)CCS(=O)(=O)N2CCOCC2)cc1. The first-order chi connectivity index (χ1) is 11.9. The zero-order valence-corrected chi connectivity index (χ0v) is 15.6. The van der Waals surface area contributed by atoms with Crippen molar-refractivity contribution >= 4 is 15.9 Å². The van der Waals surface area contributed by atoms with Crippen molar-refractivity contribution in [3.63, 3.8) is 0 Å². The highest BCUT2D eigenvalue weighted by molar-refractivity contribution is 7.89. The Bertz CT molecular complexity index is 654. The Morgan fingerprint density at radius 1 is 1.24 bits per heavy atom. The number of ether oxygens (including phenoxy) is 2. The first-order valence-electron chi connectivity index (χ1n) is 8.35. The molecule has 25 heavy (non-hydrogen) atoms. The zero-order chi connectivity index (χ0) is 18.3. The summed E-state index contributed by atoms with van der Waals surface area (Å²) in [5, 5.41) is 0. The number of hydrogen-bond acceptors (Lipinski definition) is 5. The summed E-state index contributed by atoms with van der Waals surface area (Å²) in [4.78, 5) is 13.8. The highest BCUT2D eigenvalue weighted by atomic mass is 32.2. The number of carbonyl (C=O) groups is 1. The van der Waals surface area contributed by atoms with E-state index >= 15 is 0 Å². The molecule has 0 aliphatic carbocycles. The van der Waals surface area contributed by atoms with Crippen LogP contribution in [0.25, 0.3) is 0 Å². The molecule has 140 valence electrons. The van der Waals surface area contributed by atoms with Crippen LogP contribution in [0.15, 0.2) is 24.3 Å². The molecule has 1 aliphatic rings. The summed E-state index contributed by atoms with van der Waals surface area (Å²) in [6, 6.07) is 7.68. The number of morpholine rings is 1. The lowest BCUT2D eigenvalue weighted by molar-refractivity contribution is -0.129. The second-order valence-corrected chi connectivity index (χ2v) is 8.08. The minimum absolute atomic E-state index is 0.00119. The lowest BCUT2D eigenvalue weighted by Crippen LogP contribution is -2.42. The van der Waals surface area contributed by atoms with Gasteiger partial charge in [-0.2, -0.15) is 4.31 Å². The molecule has 0 spiro atoms. The number of rotatable bonds is 8. The van der Waals surface area contributed by atoms with Gasteiger partial charge in [-0.1, -0.05) is 12.1 Å². The quantitative estimate of drug-likeness (QED) is 0.675. The van der Waals surface area contributed by atoms with E-state index in [1.807, 2.05) is 24.3 Å². The van der Waals surface area contributed by atoms with Crippen molar-refractivity contribution in [1.82, 2.24) is 9.21 Å². The number of carbonyl (C=O) groups excluding carboxylic acids is 1. The van der Waals surface area contributed by atoms with Gasteiger partial charge in [0.15, 0.2) is 0 Å². The van der Waals surface area contributed by atoms with Crippen molar-refractivity contribution in [3.8, 4) is 5.75 Å². The number of methoxy groups -OCH3 is 1. The fourth-order valence-electron chi connectivity index (χ4n) is 2.57. The minimum Gasteiger partial charge on any atom is -0.497 e. The highest BCUT2D eigenvalue weighted by Crippen LogP contribution is 2.12. The summed E-state index contributed by atoms with van der Waals surface area (Å²) in [5.74, 6) is 0.477. The van der Waals surface area contributed by atoms with Crippen LogP contribution in [0, 0.1) is 0 Å². The van der Waals surface area contributed by atoms with Gasteiger partial charge < -0.3 is 14.4 Å². The van der Waals surface area contributed by atoms with E-state index in [0.717, 1.165) is 11.3 Å². The van der Waals surface area contributed by atoms with E-state index < -0.39 is 10.0 Å². The lowest BCUT2D eigenvalue weighted by Gasteiger charge is -2.26. The Balaban J connectivity index is 1.77. The summed E-state index contributed by atoms with van der Waals surface area (Å²) in [7, 11) is -0.0757. The lowest BCUT2D eigenvalue weighted by atomic mass is 10.1. The van der Waals surface area contributed by atoms with Gasteiger partial charge in [0.25, 0.3) is 0 Å². The number of hydrogen-bond donors (Lipinski definition) is 0. The van der Waals surface area contributed by atoms with Crippen molar-refractivity contribution in [2.24, 2.45) is 0 Å². The van der Waals surface area contributed by atoms with Crippen LogP contribution < -0.4 is 4.74 Å². The standard InChI is InChI=1S/C17H26N2O5S/c1-18(9-7-15-3-5-16(23-2)6-4-15)17(20)8-14-25(21,22)19-10-12-24-13-11-19/h3-6H,7-14H2,1-2H3. The fourth-order valence-corrected chi connectivity index (χ4v) is 3.97. The summed E-state index contributed by atoms with van der Waals surface area (Å²) in [6.45, 7) is 2.10. The monoisotopic (exact) mass is 370 g/mol. The number of nitrogens with zero attached hydrogens (tertiary/aromatic N) is 2. The van der Waals surface area contributed by atoms with E-state index in [4.69, 9.17) is 9.47 Å². The summed E-state index contributed by atoms with van der Waals surface area (Å²) in [5.41, 5.74) is 1.10. The molecule has 0 N–H and O–H groups in total. The maximum Gasteiger partial charge on any atom is 0.223 e. The Labute approximate surface area is 149 Å². The van der Waals surface area contributed by atoms with Crippen LogP contribution in [0.3, 0.4) is 0 Å². The maximum absolute atomic E-state index is 12.2. The predicted octanol–water partition coefficient (Wildman–Crippen LogP) is 0.748. The van der Waals surface area contributed by atoms with Crippen molar-refractivity contribution < 1.29 is 22.7 Å². The largest absolute Gasteiger partial charge is 0.497 e. The number of sulfonamides is 1. The van der Waals surface area contributed by atoms with Crippen molar-refractivity contribution in [3.05, 3.63) is 29.8 Å². The van der Waals surface area contributed by atoms with Crippen LogP contribution >= 0.6 is 0 Å². The van der Waals surface area contributed by atoms with Crippen molar-refractivity contribution in [2.75, 3.05) is 52.8 Å². The van der Waals surface area contributed by atoms with Crippen LogP contribution in [0.4, 0.5) is 0 Å². The van der Waals surface area contributed by atoms with Gasteiger partial charge in [0, 0.05) is 33.1 Å². The Morgan fingerprint density at radius 3 is 2.48 bits per heavy atom. The smallest absolute Gasteiger partial charge is 0.223 e. The van der Waals surface area contributed by atoms with E-state index in [-0.39, 0.29) is 18.1 Å². The van der Waals surface area contributed by atoms with E-state index in [0.29, 0.717) is 39.3 Å². The topological polar surface area (TPSA) is 76.2 Å². The van der Waals surface area contributed by atoms with Crippen LogP contribution in [-0.2, 0) is 26.0 Å². The molecule has 1 amide bonds. The van der Waals surface area contributed by atoms with Crippen LogP contribution in [-0.4, -0.2) is 76.3 Å². The maximum atomic E-state index is 12.2. The normalized spacial score (nSPS) is 15.8. The van der Waals surface area contributed by atoms with E-state index in [2.05, 4.69) is 0 Å². The van der Waals surface area contributed by atoms with Crippen LogP contribution in [0.5, 0.6) is 5.75 Å². The first kappa shape index (κ1) is 19.7. The molecule has 1 fully saturated rings. The highest BCUT2D eigenvalue weighted by Gasteiger charge is 2.25. The molecule has 1 aromatic carbocycles. The van der Waals surface area contributed by atoms with E-state index in [1.54, 1.807) is 19.1 Å². The van der Waals surface area contributed by atoms with Gasteiger partial charge in [-0.05, 0) is 24.1 Å². The molecule has 1 heterocycles. The molecule has 0 saturated carbocycles. The Kier molecular flexibility index (Phi) is 7.22. The fraction of sp³-hybridized carbons (Fsp3) is 0.588. The van der Waals surface area contributed by atoms with Gasteiger partial charge >= 0.3 is 0 Å². The predicted molar refractivity (Wildman–Crippen MR) is 95.1 cm³/mol. The van der Waals surface area contributed by atoms with Gasteiger partial charge in [-0.3, -0.25) is 4.79 Å². The number of likely N-dealkylation sites (N-methyl/N-ethyl adjacent to an activating group) is 1. The van der Waals surface area contributed by atoms with E-state index in [1.165, 1.54) is 4.31 Å². The van der Waals surface area contributed by atoms with Gasteiger partial charge in [-0.25, -0.2) is 8.42 Å². The second kappa shape index (κ2) is 9.17. The molecule has 8 heteroatoms. The third kappa shape index (κ3) is 5.98. The second-order valence-electron chi connectivity index (χ2n) is 5.99. The molecular weight excluding hydrogens is 344 g/mol. The van der Waals surface area contributed by atoms with Crippen LogP contribution in [0.1, 0.15) is 12.0 Å². The van der Waals surface area contributed by atoms with Gasteiger partial charge in [0.05, 0.1) is 26.1 Å². The molecule has 0 bridgehead atoms.